The first-order chi connectivity index (χ1) is 6.13. The van der Waals surface area contributed by atoms with E-state index in [2.05, 4.69) is 0 Å². The lowest BCUT2D eigenvalue weighted by atomic mass is 9.80. The Morgan fingerprint density at radius 1 is 1.38 bits per heavy atom. The van der Waals surface area contributed by atoms with Crippen molar-refractivity contribution < 1.29 is 9.90 Å². The third kappa shape index (κ3) is 2.69. The van der Waals surface area contributed by atoms with Crippen LogP contribution < -0.4 is 5.73 Å². The number of hydrogen-bond acceptors (Lipinski definition) is 2. The summed E-state index contributed by atoms with van der Waals surface area (Å²) in [7, 11) is 0. The maximum atomic E-state index is 10.7. The summed E-state index contributed by atoms with van der Waals surface area (Å²) >= 11 is 0. The van der Waals surface area contributed by atoms with Gasteiger partial charge in [0, 0.05) is 6.04 Å². The number of rotatable bonds is 3. The minimum Gasteiger partial charge on any atom is -0.481 e. The average Bonchev–Trinajstić information content (AvgIpc) is 2.17. The van der Waals surface area contributed by atoms with E-state index in [9.17, 15) is 4.79 Å². The molecule has 3 nitrogen and oxygen atoms in total. The van der Waals surface area contributed by atoms with E-state index in [1.165, 1.54) is 19.3 Å². The van der Waals surface area contributed by atoms with Crippen LogP contribution in [-0.2, 0) is 4.79 Å². The zero-order chi connectivity index (χ0) is 9.84. The Balaban J connectivity index is 2.44. The molecule has 1 rings (SSSR count). The minimum atomic E-state index is -0.766. The Kier molecular flexibility index (Phi) is 3.72. The normalized spacial score (nSPS) is 23.8. The van der Waals surface area contributed by atoms with Crippen molar-refractivity contribution in [2.45, 2.75) is 45.1 Å². The molecule has 0 saturated heterocycles. The molecule has 1 aliphatic carbocycles. The van der Waals surface area contributed by atoms with E-state index < -0.39 is 11.9 Å². The number of hydrogen-bond donors (Lipinski definition) is 2. The van der Waals surface area contributed by atoms with Crippen LogP contribution in [0.1, 0.15) is 39.0 Å². The monoisotopic (exact) mass is 185 g/mol. The molecule has 13 heavy (non-hydrogen) atoms. The summed E-state index contributed by atoms with van der Waals surface area (Å²) in [6.07, 6.45) is 5.93. The predicted octanol–water partition coefficient (Wildman–Crippen LogP) is 1.61. The second kappa shape index (κ2) is 4.61. The molecule has 3 heteroatoms. The number of carboxylic acid groups (broad SMARTS) is 1. The van der Waals surface area contributed by atoms with E-state index in [4.69, 9.17) is 10.8 Å². The molecule has 3 N–H and O–H groups in total. The number of nitrogens with two attached hydrogens (primary N) is 1. The maximum Gasteiger partial charge on any atom is 0.307 e. The largest absolute Gasteiger partial charge is 0.481 e. The van der Waals surface area contributed by atoms with Gasteiger partial charge in [-0.05, 0) is 18.8 Å². The fraction of sp³-hybridized carbons (Fsp3) is 0.900. The van der Waals surface area contributed by atoms with Gasteiger partial charge in [0.2, 0.25) is 0 Å². The van der Waals surface area contributed by atoms with Gasteiger partial charge in [-0.15, -0.1) is 0 Å². The Labute approximate surface area is 79.3 Å². The number of aliphatic carboxylic acids is 1. The van der Waals surface area contributed by atoms with Gasteiger partial charge in [0.15, 0.2) is 0 Å². The van der Waals surface area contributed by atoms with Crippen LogP contribution in [0.15, 0.2) is 0 Å². The van der Waals surface area contributed by atoms with Gasteiger partial charge in [0.25, 0.3) is 0 Å². The molecule has 1 saturated carbocycles. The number of carboxylic acids is 1. The molecule has 0 aromatic rings. The highest BCUT2D eigenvalue weighted by molar-refractivity contribution is 5.70. The van der Waals surface area contributed by atoms with Crippen molar-refractivity contribution in [1.29, 1.82) is 0 Å². The lowest BCUT2D eigenvalue weighted by Crippen LogP contribution is -2.40. The quantitative estimate of drug-likeness (QED) is 0.702. The van der Waals surface area contributed by atoms with Crippen LogP contribution >= 0.6 is 0 Å². The Bertz CT molecular complexity index is 176. The van der Waals surface area contributed by atoms with Gasteiger partial charge >= 0.3 is 5.97 Å². The fourth-order valence-electron chi connectivity index (χ4n) is 2.09. The predicted molar refractivity (Wildman–Crippen MR) is 51.4 cm³/mol. The zero-order valence-electron chi connectivity index (χ0n) is 8.20. The molecule has 1 fully saturated rings. The smallest absolute Gasteiger partial charge is 0.307 e. The fourth-order valence-corrected chi connectivity index (χ4v) is 2.09. The van der Waals surface area contributed by atoms with E-state index in [1.54, 1.807) is 6.92 Å². The van der Waals surface area contributed by atoms with Gasteiger partial charge in [-0.25, -0.2) is 0 Å². The van der Waals surface area contributed by atoms with Gasteiger partial charge < -0.3 is 10.8 Å². The summed E-state index contributed by atoms with van der Waals surface area (Å²) in [5.74, 6) is -0.735. The summed E-state index contributed by atoms with van der Waals surface area (Å²) < 4.78 is 0. The summed E-state index contributed by atoms with van der Waals surface area (Å²) in [4.78, 5) is 10.7. The van der Waals surface area contributed by atoms with Gasteiger partial charge in [-0.3, -0.25) is 4.79 Å². The van der Waals surface area contributed by atoms with Crippen molar-refractivity contribution in [3.05, 3.63) is 0 Å². The molecule has 0 spiro atoms. The van der Waals surface area contributed by atoms with Gasteiger partial charge in [-0.2, -0.15) is 0 Å². The summed E-state index contributed by atoms with van der Waals surface area (Å²) in [5, 5.41) is 8.80. The molecule has 0 radical (unpaired) electrons. The van der Waals surface area contributed by atoms with Crippen molar-refractivity contribution in [2.24, 2.45) is 17.6 Å². The SMILES string of the molecule is CC(C(=O)O)C(N)C1CCCCC1. The zero-order valence-corrected chi connectivity index (χ0v) is 8.20. The second-order valence-corrected chi connectivity index (χ2v) is 4.10. The lowest BCUT2D eigenvalue weighted by molar-refractivity contribution is -0.142. The van der Waals surface area contributed by atoms with Crippen molar-refractivity contribution in [2.75, 3.05) is 0 Å². The molecule has 0 bridgehead atoms. The van der Waals surface area contributed by atoms with Gasteiger partial charge in [0.1, 0.15) is 0 Å². The Morgan fingerprint density at radius 3 is 2.38 bits per heavy atom. The topological polar surface area (TPSA) is 63.3 Å². The molecular formula is C10H19NO2. The Morgan fingerprint density at radius 2 is 1.92 bits per heavy atom. The van der Waals surface area contributed by atoms with Gasteiger partial charge in [-0.1, -0.05) is 26.2 Å². The highest BCUT2D eigenvalue weighted by atomic mass is 16.4. The van der Waals surface area contributed by atoms with E-state index in [-0.39, 0.29) is 6.04 Å². The molecule has 2 atom stereocenters. The summed E-state index contributed by atoms with van der Waals surface area (Å²) in [5.41, 5.74) is 5.91. The first-order valence-corrected chi connectivity index (χ1v) is 5.11. The van der Waals surface area contributed by atoms with Crippen LogP contribution in [0, 0.1) is 11.8 Å². The third-order valence-corrected chi connectivity index (χ3v) is 3.16. The molecular weight excluding hydrogens is 166 g/mol. The van der Waals surface area contributed by atoms with E-state index in [1.807, 2.05) is 0 Å². The maximum absolute atomic E-state index is 10.7. The molecule has 76 valence electrons. The molecule has 0 amide bonds. The number of carbonyl (C=O) groups is 1. The standard InChI is InChI=1S/C10H19NO2/c1-7(10(12)13)9(11)8-5-3-2-4-6-8/h7-9H,2-6,11H2,1H3,(H,12,13). The van der Waals surface area contributed by atoms with E-state index in [0.717, 1.165) is 12.8 Å². The van der Waals surface area contributed by atoms with Crippen molar-refractivity contribution in [1.82, 2.24) is 0 Å². The summed E-state index contributed by atoms with van der Waals surface area (Å²) in [6.45, 7) is 1.71. The first kappa shape index (κ1) is 10.5. The molecule has 2 unspecified atom stereocenters. The van der Waals surface area contributed by atoms with Crippen LogP contribution in [0.3, 0.4) is 0 Å². The molecule has 0 aliphatic heterocycles. The molecule has 0 aromatic heterocycles. The van der Waals surface area contributed by atoms with Crippen molar-refractivity contribution in [3.63, 3.8) is 0 Å². The Hall–Kier alpha value is -0.570. The van der Waals surface area contributed by atoms with Crippen LogP contribution in [-0.4, -0.2) is 17.1 Å². The van der Waals surface area contributed by atoms with Crippen LogP contribution in [0.25, 0.3) is 0 Å². The first-order valence-electron chi connectivity index (χ1n) is 5.11. The summed E-state index contributed by atoms with van der Waals surface area (Å²) in [6, 6.07) is -0.155. The highest BCUT2D eigenvalue weighted by Crippen LogP contribution is 2.28. The van der Waals surface area contributed by atoms with Crippen molar-refractivity contribution in [3.8, 4) is 0 Å². The molecule has 0 aromatic carbocycles. The second-order valence-electron chi connectivity index (χ2n) is 4.10. The van der Waals surface area contributed by atoms with E-state index in [0.29, 0.717) is 5.92 Å². The third-order valence-electron chi connectivity index (χ3n) is 3.16. The minimum absolute atomic E-state index is 0.155. The lowest BCUT2D eigenvalue weighted by Gasteiger charge is -2.29. The molecule has 0 heterocycles. The van der Waals surface area contributed by atoms with Gasteiger partial charge in [0.05, 0.1) is 5.92 Å². The van der Waals surface area contributed by atoms with Crippen LogP contribution in [0.2, 0.25) is 0 Å². The van der Waals surface area contributed by atoms with Crippen LogP contribution in [0.4, 0.5) is 0 Å². The highest BCUT2D eigenvalue weighted by Gasteiger charge is 2.28. The molecule has 1 aliphatic rings. The van der Waals surface area contributed by atoms with E-state index >= 15 is 0 Å². The van der Waals surface area contributed by atoms with Crippen LogP contribution in [0.5, 0.6) is 0 Å². The van der Waals surface area contributed by atoms with Crippen molar-refractivity contribution >= 4 is 5.97 Å². The average molecular weight is 185 g/mol.